The van der Waals surface area contributed by atoms with E-state index in [4.69, 9.17) is 0 Å². The van der Waals surface area contributed by atoms with Gasteiger partial charge >= 0.3 is 0 Å². The van der Waals surface area contributed by atoms with Crippen molar-refractivity contribution < 1.29 is 9.59 Å². The Labute approximate surface area is 167 Å². The van der Waals surface area contributed by atoms with Crippen LogP contribution in [0, 0.1) is 11.8 Å². The van der Waals surface area contributed by atoms with Crippen LogP contribution >= 0.6 is 0 Å². The monoisotopic (exact) mass is 381 g/mol. The highest BCUT2D eigenvalue weighted by atomic mass is 16.2. The fourth-order valence-corrected chi connectivity index (χ4v) is 5.33. The zero-order chi connectivity index (χ0) is 19.1. The summed E-state index contributed by atoms with van der Waals surface area (Å²) in [6, 6.07) is 8.96. The highest BCUT2D eigenvalue weighted by Crippen LogP contribution is 2.33. The predicted molar refractivity (Wildman–Crippen MR) is 107 cm³/mol. The van der Waals surface area contributed by atoms with Crippen molar-refractivity contribution in [2.75, 3.05) is 26.2 Å². The molecule has 2 saturated heterocycles. The van der Waals surface area contributed by atoms with Gasteiger partial charge in [0, 0.05) is 44.7 Å². The zero-order valence-electron chi connectivity index (χ0n) is 16.7. The quantitative estimate of drug-likeness (QED) is 0.809. The van der Waals surface area contributed by atoms with E-state index in [0.717, 1.165) is 77.8 Å². The number of benzene rings is 1. The summed E-state index contributed by atoms with van der Waals surface area (Å²) in [6.07, 6.45) is 6.44. The lowest BCUT2D eigenvalue weighted by Gasteiger charge is -2.42. The standard InChI is InChI=1S/C23H31N3O2/c27-22(17-7-8-17)24-12-9-21(10-13-24)25-11-3-6-20(16-25)23(28)26-14-18-4-1-2-5-19(18)15-26/h1-2,4-5,17,20-21H,3,6-16H2/t20-/m0/s1. The summed E-state index contributed by atoms with van der Waals surface area (Å²) in [7, 11) is 0. The number of hydrogen-bond donors (Lipinski definition) is 0. The number of piperidine rings is 2. The van der Waals surface area contributed by atoms with Crippen LogP contribution in [0.4, 0.5) is 0 Å². The molecule has 1 aliphatic carbocycles. The van der Waals surface area contributed by atoms with Gasteiger partial charge in [-0.3, -0.25) is 14.5 Å². The van der Waals surface area contributed by atoms with E-state index in [-0.39, 0.29) is 5.92 Å². The Hall–Kier alpha value is -1.88. The van der Waals surface area contributed by atoms with Crippen molar-refractivity contribution in [3.05, 3.63) is 35.4 Å². The zero-order valence-corrected chi connectivity index (χ0v) is 16.7. The van der Waals surface area contributed by atoms with Crippen LogP contribution in [0.3, 0.4) is 0 Å². The third kappa shape index (κ3) is 3.57. The molecule has 1 aromatic carbocycles. The minimum Gasteiger partial charge on any atom is -0.342 e. The molecule has 2 amide bonds. The van der Waals surface area contributed by atoms with Crippen molar-refractivity contribution >= 4 is 11.8 Å². The van der Waals surface area contributed by atoms with Crippen LogP contribution in [-0.4, -0.2) is 58.7 Å². The van der Waals surface area contributed by atoms with Crippen LogP contribution in [0.15, 0.2) is 24.3 Å². The lowest BCUT2D eigenvalue weighted by atomic mass is 9.92. The van der Waals surface area contributed by atoms with Crippen LogP contribution in [0.2, 0.25) is 0 Å². The molecule has 150 valence electrons. The van der Waals surface area contributed by atoms with E-state index in [1.54, 1.807) is 0 Å². The highest BCUT2D eigenvalue weighted by Gasteiger charge is 2.38. The van der Waals surface area contributed by atoms with E-state index in [1.807, 2.05) is 0 Å². The van der Waals surface area contributed by atoms with E-state index >= 15 is 0 Å². The highest BCUT2D eigenvalue weighted by molar-refractivity contribution is 5.81. The van der Waals surface area contributed by atoms with Crippen molar-refractivity contribution in [2.45, 2.75) is 57.7 Å². The number of rotatable bonds is 3. The SMILES string of the molecule is O=C(C1CC1)N1CCC(N2CCC[C@H](C(=O)N3Cc4ccccc4C3)C2)CC1. The van der Waals surface area contributed by atoms with Gasteiger partial charge in [0.05, 0.1) is 5.92 Å². The van der Waals surface area contributed by atoms with Crippen molar-refractivity contribution in [3.8, 4) is 0 Å². The van der Waals surface area contributed by atoms with Crippen molar-refractivity contribution in [1.29, 1.82) is 0 Å². The molecule has 1 aromatic rings. The van der Waals surface area contributed by atoms with E-state index in [1.165, 1.54) is 11.1 Å². The summed E-state index contributed by atoms with van der Waals surface area (Å²) in [5, 5.41) is 0. The van der Waals surface area contributed by atoms with Gasteiger partial charge in [-0.05, 0) is 56.2 Å². The Morgan fingerprint density at radius 3 is 2.04 bits per heavy atom. The third-order valence-corrected chi connectivity index (χ3v) is 7.17. The van der Waals surface area contributed by atoms with E-state index in [2.05, 4.69) is 39.0 Å². The fourth-order valence-electron chi connectivity index (χ4n) is 5.33. The summed E-state index contributed by atoms with van der Waals surface area (Å²) >= 11 is 0. The maximum absolute atomic E-state index is 13.2. The Kier molecular flexibility index (Phi) is 4.87. The second kappa shape index (κ2) is 7.51. The van der Waals surface area contributed by atoms with Gasteiger partial charge in [0.1, 0.15) is 0 Å². The van der Waals surface area contributed by atoms with Gasteiger partial charge in [0.15, 0.2) is 0 Å². The number of amides is 2. The molecule has 4 aliphatic rings. The minimum atomic E-state index is 0.134. The van der Waals surface area contributed by atoms with E-state index < -0.39 is 0 Å². The number of likely N-dealkylation sites (tertiary alicyclic amines) is 2. The molecular weight excluding hydrogens is 350 g/mol. The van der Waals surface area contributed by atoms with Gasteiger partial charge in [-0.15, -0.1) is 0 Å². The summed E-state index contributed by atoms with van der Waals surface area (Å²) in [5.41, 5.74) is 2.60. The number of fused-ring (bicyclic) bond motifs is 1. The maximum Gasteiger partial charge on any atom is 0.227 e. The van der Waals surface area contributed by atoms with E-state index in [0.29, 0.717) is 23.8 Å². The molecule has 5 heteroatoms. The molecule has 0 N–H and O–H groups in total. The van der Waals surface area contributed by atoms with Gasteiger partial charge in [-0.2, -0.15) is 0 Å². The van der Waals surface area contributed by atoms with Crippen LogP contribution in [0.25, 0.3) is 0 Å². The van der Waals surface area contributed by atoms with Crippen molar-refractivity contribution in [1.82, 2.24) is 14.7 Å². The van der Waals surface area contributed by atoms with Crippen molar-refractivity contribution in [3.63, 3.8) is 0 Å². The molecule has 0 bridgehead atoms. The Morgan fingerprint density at radius 2 is 1.39 bits per heavy atom. The van der Waals surface area contributed by atoms with E-state index in [9.17, 15) is 9.59 Å². The van der Waals surface area contributed by atoms with Crippen LogP contribution in [-0.2, 0) is 22.7 Å². The molecule has 0 radical (unpaired) electrons. The summed E-state index contributed by atoms with van der Waals surface area (Å²) in [5.74, 6) is 1.19. The third-order valence-electron chi connectivity index (χ3n) is 7.17. The number of nitrogens with zero attached hydrogens (tertiary/aromatic N) is 3. The van der Waals surface area contributed by atoms with Gasteiger partial charge in [0.25, 0.3) is 0 Å². The molecule has 1 saturated carbocycles. The molecule has 5 rings (SSSR count). The van der Waals surface area contributed by atoms with Crippen LogP contribution in [0.5, 0.6) is 0 Å². The lowest BCUT2D eigenvalue weighted by molar-refractivity contribution is -0.138. The van der Waals surface area contributed by atoms with Gasteiger partial charge < -0.3 is 9.80 Å². The number of carbonyl (C=O) groups excluding carboxylic acids is 2. The first-order chi connectivity index (χ1) is 13.7. The largest absolute Gasteiger partial charge is 0.342 e. The Morgan fingerprint density at radius 1 is 0.750 bits per heavy atom. The summed E-state index contributed by atoms with van der Waals surface area (Å²) in [4.78, 5) is 32.1. The Balaban J connectivity index is 1.16. The lowest BCUT2D eigenvalue weighted by Crippen LogP contribution is -2.51. The number of hydrogen-bond acceptors (Lipinski definition) is 3. The molecular formula is C23H31N3O2. The summed E-state index contributed by atoms with van der Waals surface area (Å²) in [6.45, 7) is 5.34. The molecule has 3 fully saturated rings. The van der Waals surface area contributed by atoms with Gasteiger partial charge in [0.2, 0.25) is 11.8 Å². The number of carbonyl (C=O) groups is 2. The minimum absolute atomic E-state index is 0.134. The molecule has 3 aliphatic heterocycles. The second-order valence-corrected chi connectivity index (χ2v) is 9.13. The average molecular weight is 382 g/mol. The molecule has 0 spiro atoms. The molecule has 0 unspecified atom stereocenters. The normalized spacial score (nSPS) is 26.4. The van der Waals surface area contributed by atoms with Crippen LogP contribution < -0.4 is 0 Å². The average Bonchev–Trinajstić information content (AvgIpc) is 3.51. The van der Waals surface area contributed by atoms with Gasteiger partial charge in [-0.25, -0.2) is 0 Å². The second-order valence-electron chi connectivity index (χ2n) is 9.13. The molecule has 1 atom stereocenters. The van der Waals surface area contributed by atoms with Crippen molar-refractivity contribution in [2.24, 2.45) is 11.8 Å². The molecule has 28 heavy (non-hydrogen) atoms. The first-order valence-corrected chi connectivity index (χ1v) is 11.1. The first-order valence-electron chi connectivity index (χ1n) is 11.1. The fraction of sp³-hybridized carbons (Fsp3) is 0.652. The smallest absolute Gasteiger partial charge is 0.227 e. The molecule has 3 heterocycles. The molecule has 5 nitrogen and oxygen atoms in total. The maximum atomic E-state index is 13.2. The Bertz CT molecular complexity index is 727. The predicted octanol–water partition coefficient (Wildman–Crippen LogP) is 2.64. The first kappa shape index (κ1) is 18.2. The summed E-state index contributed by atoms with van der Waals surface area (Å²) < 4.78 is 0. The topological polar surface area (TPSA) is 43.9 Å². The van der Waals surface area contributed by atoms with Crippen LogP contribution in [0.1, 0.15) is 49.7 Å². The molecule has 0 aromatic heterocycles. The van der Waals surface area contributed by atoms with Gasteiger partial charge in [-0.1, -0.05) is 24.3 Å².